The van der Waals surface area contributed by atoms with Crippen molar-refractivity contribution in [2.24, 2.45) is 109 Å². The molecule has 2 aromatic rings. The van der Waals surface area contributed by atoms with Crippen LogP contribution in [-0.2, 0) is 46.2 Å². The SMILES string of the molecule is CC(C)CC1C=C2CC3CC4C=CC56C(=O)OCC78C(C(=O)C(O)C9(C%10CCCC(Cc%11ccccc%11)C%10)C7C(CC7(C)C(c%10ccoc%10CC(C(O)CO)C%10CCC%11C(C=CN%12CNCC%11%12)C%10)OC(=O)C%10OC%1079)CC35C43CCCC3)C1(C)OC286. The number of ether oxygens (including phenoxy) is 4. The van der Waals surface area contributed by atoms with Gasteiger partial charge in [-0.1, -0.05) is 101 Å². The van der Waals surface area contributed by atoms with E-state index < -0.39 is 86.1 Å². The van der Waals surface area contributed by atoms with Crippen LogP contribution in [0.25, 0.3) is 0 Å². The quantitative estimate of drug-likeness (QED) is 0.0950. The summed E-state index contributed by atoms with van der Waals surface area (Å²) in [6.07, 6.45) is 24.9. The van der Waals surface area contributed by atoms with Crippen LogP contribution in [0.1, 0.15) is 153 Å². The Morgan fingerprint density at radius 1 is 0.918 bits per heavy atom. The smallest absolute Gasteiger partial charge is 0.339 e. The Bertz CT molecular complexity index is 3260. The van der Waals surface area contributed by atoms with E-state index in [1.54, 1.807) is 6.26 Å². The molecule has 5 saturated heterocycles. The highest BCUT2D eigenvalue weighted by Gasteiger charge is 3.01. The normalized spacial score (nSPS) is 51.5. The molecule has 85 heavy (non-hydrogen) atoms. The maximum absolute atomic E-state index is 17.4. The largest absolute Gasteiger partial charge is 0.469 e. The summed E-state index contributed by atoms with van der Waals surface area (Å²) < 4.78 is 37.2. The maximum Gasteiger partial charge on any atom is 0.339 e. The molecule has 8 heterocycles. The molecule has 13 nitrogen and oxygen atoms in total. The lowest BCUT2D eigenvalue weighted by Crippen LogP contribution is -2.84. The lowest BCUT2D eigenvalue weighted by atomic mass is 9.28. The fourth-order valence-corrected chi connectivity index (χ4v) is 27.5. The highest BCUT2D eigenvalue weighted by atomic mass is 16.7. The number of carbonyl (C=O) groups is 3. The third-order valence-electron chi connectivity index (χ3n) is 29.5. The fourth-order valence-electron chi connectivity index (χ4n) is 27.5. The number of hydrogen-bond donors (Lipinski definition) is 4. The Labute approximate surface area is 500 Å². The van der Waals surface area contributed by atoms with Gasteiger partial charge < -0.3 is 43.6 Å². The van der Waals surface area contributed by atoms with Gasteiger partial charge in [0.2, 0.25) is 0 Å². The first-order valence-corrected chi connectivity index (χ1v) is 34.0. The minimum absolute atomic E-state index is 0.0201. The standard InChI is InChI=1S/C72H90N2O11/c1-39(2)25-47-30-49-31-48-29-45-17-22-68-63(80)82-37-67-57-44(34-69(48,68)66(45)20-8-9-21-66)33-64(3)60(51-19-24-81-55(51)32-52(54(76)36-75)42-15-16-50-43(28-42)18-23-74-38-73-35-53(50)74)83-62(79)61-72(64,84-61)70(57,59(78)56(77)58(67)65(47,4)85-71(49,67)68)46-14-10-13-41(27-46)26-40-11-6-5-7-12-40/h5-7,11-12,17-19,22-24,30,39,41-48,50,52-54,57-61,73,75-76,78H,8-10,13-16,20-21,25-29,31-38H2,1-4H3. The third-order valence-corrected chi connectivity index (χ3v) is 29.5. The molecule has 8 saturated carbocycles. The number of ketones is 1. The highest BCUT2D eigenvalue weighted by molar-refractivity contribution is 5.95. The predicted molar refractivity (Wildman–Crippen MR) is 312 cm³/mol. The van der Waals surface area contributed by atoms with Gasteiger partial charge in [-0.25, -0.2) is 4.79 Å². The van der Waals surface area contributed by atoms with E-state index in [-0.39, 0.29) is 83.6 Å². The van der Waals surface area contributed by atoms with Crippen molar-refractivity contribution in [1.29, 1.82) is 0 Å². The average Bonchev–Trinajstić information content (AvgIpc) is 1.43. The Hall–Kier alpha value is -4.11. The van der Waals surface area contributed by atoms with Gasteiger partial charge in [0, 0.05) is 46.7 Å². The molecule has 1 aromatic heterocycles. The molecular weight excluding hydrogens is 1070 g/mol. The van der Waals surface area contributed by atoms with Crippen molar-refractivity contribution < 1.29 is 53.1 Å². The van der Waals surface area contributed by atoms with Gasteiger partial charge in [-0.05, 0) is 184 Å². The van der Waals surface area contributed by atoms with E-state index in [0.717, 1.165) is 122 Å². The fraction of sp³-hybridized carbons (Fsp3) is 0.736. The lowest BCUT2D eigenvalue weighted by molar-refractivity contribution is -0.311. The number of nitrogens with one attached hydrogen (secondary N) is 1. The van der Waals surface area contributed by atoms with E-state index in [2.05, 4.69) is 98.7 Å². The van der Waals surface area contributed by atoms with Gasteiger partial charge in [0.05, 0.1) is 42.6 Å². The van der Waals surface area contributed by atoms with Crippen LogP contribution in [0.5, 0.6) is 0 Å². The number of carbonyl (C=O) groups excluding carboxylic acids is 3. The van der Waals surface area contributed by atoms with E-state index in [1.165, 1.54) is 11.1 Å². The second-order valence-electron chi connectivity index (χ2n) is 32.3. The van der Waals surface area contributed by atoms with Crippen LogP contribution >= 0.6 is 0 Å². The van der Waals surface area contributed by atoms with Gasteiger partial charge in [0.15, 0.2) is 11.9 Å². The summed E-state index contributed by atoms with van der Waals surface area (Å²) in [6, 6.07) is 13.2. The number of aliphatic hydroxyl groups excluding tert-OH is 3. The van der Waals surface area contributed by atoms with Crippen molar-refractivity contribution in [3.05, 3.63) is 95.6 Å². The first-order valence-electron chi connectivity index (χ1n) is 34.0. The van der Waals surface area contributed by atoms with Gasteiger partial charge in [-0.15, -0.1) is 0 Å². The van der Waals surface area contributed by atoms with Crippen LogP contribution in [0, 0.1) is 109 Å². The van der Waals surface area contributed by atoms with Crippen LogP contribution < -0.4 is 5.32 Å². The summed E-state index contributed by atoms with van der Waals surface area (Å²) >= 11 is 0. The Morgan fingerprint density at radius 3 is 2.56 bits per heavy atom. The molecule has 16 aliphatic rings. The van der Waals surface area contributed by atoms with E-state index in [1.807, 2.05) is 6.07 Å². The van der Waals surface area contributed by atoms with Crippen LogP contribution in [0.4, 0.5) is 0 Å². The number of rotatable bonds is 11. The van der Waals surface area contributed by atoms with Gasteiger partial charge >= 0.3 is 11.9 Å². The second kappa shape index (κ2) is 17.6. The molecule has 0 radical (unpaired) electrons. The number of fused-ring (bicyclic) bond motifs is 5. The zero-order chi connectivity index (χ0) is 57.8. The topological polar surface area (TPSA) is 181 Å². The number of epoxide rings is 1. The molecule has 0 amide bonds. The number of allylic oxidation sites excluding steroid dienone is 2. The first kappa shape index (κ1) is 53.9. The van der Waals surface area contributed by atoms with Crippen molar-refractivity contribution >= 4 is 17.7 Å². The Kier molecular flexibility index (Phi) is 11.2. The number of nitrogens with zero attached hydrogens (tertiary/aromatic N) is 1. The van der Waals surface area contributed by atoms with Crippen molar-refractivity contribution in [3.8, 4) is 0 Å². The van der Waals surface area contributed by atoms with Gasteiger partial charge in [0.25, 0.3) is 0 Å². The molecule has 6 spiro atoms. The zero-order valence-corrected chi connectivity index (χ0v) is 50.4. The summed E-state index contributed by atoms with van der Waals surface area (Å²) in [5, 5.41) is 41.3. The number of hydrogen-bond acceptors (Lipinski definition) is 13. The minimum Gasteiger partial charge on any atom is -0.469 e. The lowest BCUT2D eigenvalue weighted by Gasteiger charge is -2.74. The number of benzene rings is 1. The van der Waals surface area contributed by atoms with E-state index in [4.69, 9.17) is 23.4 Å². The molecule has 1 aromatic carbocycles. The van der Waals surface area contributed by atoms with Crippen LogP contribution in [0.2, 0.25) is 0 Å². The van der Waals surface area contributed by atoms with Crippen LogP contribution in [0.3, 0.4) is 0 Å². The number of Topliss-reactive ketones (excluding diaryl/α,β-unsaturated/α-hetero) is 1. The molecule has 13 fully saturated rings. The maximum atomic E-state index is 17.4. The Balaban J connectivity index is 0.854. The number of aliphatic hydroxyl groups is 3. The number of furan rings is 1. The van der Waals surface area contributed by atoms with Gasteiger partial charge in [0.1, 0.15) is 41.2 Å². The monoisotopic (exact) mass is 1160 g/mol. The summed E-state index contributed by atoms with van der Waals surface area (Å²) in [5.41, 5.74) is -5.94. The van der Waals surface area contributed by atoms with E-state index in [0.29, 0.717) is 36.5 Å². The average molecular weight is 1160 g/mol. The summed E-state index contributed by atoms with van der Waals surface area (Å²) in [7, 11) is 0. The van der Waals surface area contributed by atoms with Crippen LogP contribution in [0.15, 0.2) is 83.2 Å². The minimum atomic E-state index is -1.52. The molecule has 18 rings (SSSR count). The highest BCUT2D eigenvalue weighted by Crippen LogP contribution is 2.95. The van der Waals surface area contributed by atoms with Gasteiger partial charge in [-0.3, -0.25) is 14.9 Å². The summed E-state index contributed by atoms with van der Waals surface area (Å²) in [6.45, 7) is 10.5. The van der Waals surface area contributed by atoms with E-state index in [9.17, 15) is 15.3 Å². The van der Waals surface area contributed by atoms with Crippen molar-refractivity contribution in [2.45, 2.75) is 191 Å². The number of cyclic esters (lactones) is 2. The third kappa shape index (κ3) is 5.93. The molecular formula is C72H90N2O11. The second-order valence-corrected chi connectivity index (χ2v) is 32.3. The van der Waals surface area contributed by atoms with Gasteiger partial charge in [-0.2, -0.15) is 0 Å². The molecule has 4 N–H and O–H groups in total. The van der Waals surface area contributed by atoms with E-state index >= 15 is 14.4 Å². The number of esters is 2. The zero-order valence-electron chi connectivity index (χ0n) is 50.4. The van der Waals surface area contributed by atoms with Crippen molar-refractivity contribution in [2.75, 3.05) is 26.4 Å². The van der Waals surface area contributed by atoms with Crippen molar-refractivity contribution in [3.63, 3.8) is 0 Å². The summed E-state index contributed by atoms with van der Waals surface area (Å²) in [4.78, 5) is 52.2. The molecule has 13 heteroatoms. The molecule has 454 valence electrons. The predicted octanol–water partition coefficient (Wildman–Crippen LogP) is 9.78. The van der Waals surface area contributed by atoms with Crippen LogP contribution in [-0.4, -0.2) is 106 Å². The first-order chi connectivity index (χ1) is 41.0. The molecule has 7 aliphatic heterocycles. The molecule has 25 atom stereocenters. The summed E-state index contributed by atoms with van der Waals surface area (Å²) in [5.74, 6) is -0.414. The van der Waals surface area contributed by atoms with Crippen molar-refractivity contribution in [1.82, 2.24) is 10.2 Å². The molecule has 9 aliphatic carbocycles. The molecule has 25 unspecified atom stereocenters. The Morgan fingerprint density at radius 2 is 1.75 bits per heavy atom. The molecule has 6 bridgehead atoms.